The zero-order chi connectivity index (χ0) is 12.1. The first kappa shape index (κ1) is 12.6. The van der Waals surface area contributed by atoms with Gasteiger partial charge in [-0.25, -0.2) is 0 Å². The van der Waals surface area contributed by atoms with Crippen molar-refractivity contribution in [2.24, 2.45) is 5.73 Å². The summed E-state index contributed by atoms with van der Waals surface area (Å²) in [6.45, 7) is 1.22. The Morgan fingerprint density at radius 3 is 2.88 bits per heavy atom. The monoisotopic (exact) mass is 311 g/mol. The lowest BCUT2D eigenvalue weighted by Crippen LogP contribution is -2.02. The SMILES string of the molecule is NCc1cc(OCCc2cccs2)ccc1Br. The van der Waals surface area contributed by atoms with Gasteiger partial charge >= 0.3 is 0 Å². The maximum atomic E-state index is 5.71. The predicted molar refractivity (Wildman–Crippen MR) is 75.6 cm³/mol. The van der Waals surface area contributed by atoms with E-state index in [0.29, 0.717) is 13.2 Å². The summed E-state index contributed by atoms with van der Waals surface area (Å²) in [5.41, 5.74) is 6.71. The van der Waals surface area contributed by atoms with E-state index in [0.717, 1.165) is 22.2 Å². The van der Waals surface area contributed by atoms with Crippen molar-refractivity contribution in [2.45, 2.75) is 13.0 Å². The summed E-state index contributed by atoms with van der Waals surface area (Å²) in [5.74, 6) is 0.880. The lowest BCUT2D eigenvalue weighted by Gasteiger charge is -2.08. The smallest absolute Gasteiger partial charge is 0.119 e. The van der Waals surface area contributed by atoms with Crippen molar-refractivity contribution < 1.29 is 4.74 Å². The Kier molecular flexibility index (Phi) is 4.59. The number of hydrogen-bond donors (Lipinski definition) is 1. The van der Waals surface area contributed by atoms with Crippen LogP contribution in [0.5, 0.6) is 5.75 Å². The van der Waals surface area contributed by atoms with Crippen molar-refractivity contribution >= 4 is 27.3 Å². The van der Waals surface area contributed by atoms with E-state index >= 15 is 0 Å². The van der Waals surface area contributed by atoms with E-state index in [-0.39, 0.29) is 0 Å². The van der Waals surface area contributed by atoms with Crippen LogP contribution in [0.1, 0.15) is 10.4 Å². The average Bonchev–Trinajstić information content (AvgIpc) is 2.84. The third-order valence-corrected chi connectivity index (χ3v) is 4.14. The Hall–Kier alpha value is -0.840. The van der Waals surface area contributed by atoms with Gasteiger partial charge < -0.3 is 10.5 Å². The number of nitrogens with two attached hydrogens (primary N) is 1. The second kappa shape index (κ2) is 6.19. The topological polar surface area (TPSA) is 35.2 Å². The highest BCUT2D eigenvalue weighted by Crippen LogP contribution is 2.22. The van der Waals surface area contributed by atoms with Gasteiger partial charge in [-0.3, -0.25) is 0 Å². The summed E-state index contributed by atoms with van der Waals surface area (Å²) in [6.07, 6.45) is 0.950. The molecule has 0 aliphatic carbocycles. The number of ether oxygens (including phenoxy) is 1. The molecule has 0 aliphatic rings. The molecule has 2 rings (SSSR count). The number of thiophene rings is 1. The Balaban J connectivity index is 1.90. The molecule has 2 N–H and O–H groups in total. The van der Waals surface area contributed by atoms with Crippen LogP contribution in [0.15, 0.2) is 40.2 Å². The van der Waals surface area contributed by atoms with Crippen LogP contribution in [0.2, 0.25) is 0 Å². The van der Waals surface area contributed by atoms with Gasteiger partial charge in [-0.2, -0.15) is 0 Å². The molecule has 4 heteroatoms. The fourth-order valence-electron chi connectivity index (χ4n) is 1.52. The second-order valence-corrected chi connectivity index (χ2v) is 5.52. The van der Waals surface area contributed by atoms with Gasteiger partial charge in [0.1, 0.15) is 5.75 Å². The number of rotatable bonds is 5. The molecule has 17 heavy (non-hydrogen) atoms. The zero-order valence-corrected chi connectivity index (χ0v) is 11.8. The first-order chi connectivity index (χ1) is 8.29. The Morgan fingerprint density at radius 1 is 1.29 bits per heavy atom. The van der Waals surface area contributed by atoms with E-state index in [2.05, 4.69) is 33.4 Å². The fourth-order valence-corrected chi connectivity index (χ4v) is 2.62. The molecule has 0 saturated heterocycles. The summed E-state index contributed by atoms with van der Waals surface area (Å²) < 4.78 is 6.74. The molecule has 0 spiro atoms. The minimum absolute atomic E-state index is 0.517. The molecule has 90 valence electrons. The molecule has 0 fully saturated rings. The lowest BCUT2D eigenvalue weighted by molar-refractivity contribution is 0.322. The summed E-state index contributed by atoms with van der Waals surface area (Å²) in [5, 5.41) is 2.08. The molecule has 0 radical (unpaired) electrons. The molecule has 1 aromatic carbocycles. The Morgan fingerprint density at radius 2 is 2.18 bits per heavy atom. The average molecular weight is 312 g/mol. The van der Waals surface area contributed by atoms with Crippen LogP contribution in [-0.2, 0) is 13.0 Å². The highest BCUT2D eigenvalue weighted by Gasteiger charge is 2.01. The van der Waals surface area contributed by atoms with E-state index in [1.165, 1.54) is 4.88 Å². The molecule has 2 aromatic rings. The van der Waals surface area contributed by atoms with Gasteiger partial charge in [-0.15, -0.1) is 11.3 Å². The normalized spacial score (nSPS) is 10.5. The van der Waals surface area contributed by atoms with Gasteiger partial charge in [0.15, 0.2) is 0 Å². The third-order valence-electron chi connectivity index (χ3n) is 2.43. The van der Waals surface area contributed by atoms with Gasteiger partial charge in [0.25, 0.3) is 0 Å². The van der Waals surface area contributed by atoms with E-state index in [4.69, 9.17) is 10.5 Å². The predicted octanol–water partition coefficient (Wildman–Crippen LogP) is 3.59. The molecule has 0 saturated carbocycles. The van der Waals surface area contributed by atoms with Crippen molar-refractivity contribution in [3.8, 4) is 5.75 Å². The number of hydrogen-bond acceptors (Lipinski definition) is 3. The summed E-state index contributed by atoms with van der Waals surface area (Å²) >= 11 is 5.22. The molecule has 0 aliphatic heterocycles. The standard InChI is InChI=1S/C13H14BrNOS/c14-13-4-3-11(8-10(13)9-15)16-6-5-12-2-1-7-17-12/h1-4,7-8H,5-6,9,15H2. The molecule has 0 unspecified atom stereocenters. The second-order valence-electron chi connectivity index (χ2n) is 3.64. The largest absolute Gasteiger partial charge is 0.493 e. The van der Waals surface area contributed by atoms with Crippen LogP contribution in [0.3, 0.4) is 0 Å². The molecule has 1 heterocycles. The summed E-state index contributed by atoms with van der Waals surface area (Å²) in [6, 6.07) is 10.1. The molecular formula is C13H14BrNOS. The van der Waals surface area contributed by atoms with Gasteiger partial charge in [0.05, 0.1) is 6.61 Å². The Bertz CT molecular complexity index is 470. The molecular weight excluding hydrogens is 298 g/mol. The fraction of sp³-hybridized carbons (Fsp3) is 0.231. The molecule has 0 amide bonds. The van der Waals surface area contributed by atoms with Gasteiger partial charge in [-0.1, -0.05) is 22.0 Å². The van der Waals surface area contributed by atoms with E-state index < -0.39 is 0 Å². The van der Waals surface area contributed by atoms with Crippen LogP contribution in [-0.4, -0.2) is 6.61 Å². The quantitative estimate of drug-likeness (QED) is 0.916. The van der Waals surface area contributed by atoms with E-state index in [1.807, 2.05) is 18.2 Å². The Labute approximate surface area is 114 Å². The van der Waals surface area contributed by atoms with Gasteiger partial charge in [-0.05, 0) is 35.2 Å². The molecule has 1 aromatic heterocycles. The zero-order valence-electron chi connectivity index (χ0n) is 9.36. The van der Waals surface area contributed by atoms with Crippen LogP contribution in [0, 0.1) is 0 Å². The summed E-state index contributed by atoms with van der Waals surface area (Å²) in [7, 11) is 0. The van der Waals surface area contributed by atoms with Crippen LogP contribution >= 0.6 is 27.3 Å². The van der Waals surface area contributed by atoms with Crippen LogP contribution in [0.25, 0.3) is 0 Å². The van der Waals surface area contributed by atoms with Crippen LogP contribution < -0.4 is 10.5 Å². The lowest BCUT2D eigenvalue weighted by atomic mass is 10.2. The van der Waals surface area contributed by atoms with E-state index in [9.17, 15) is 0 Å². The molecule has 0 bridgehead atoms. The van der Waals surface area contributed by atoms with Crippen molar-refractivity contribution in [3.05, 3.63) is 50.6 Å². The number of halogens is 1. The highest BCUT2D eigenvalue weighted by molar-refractivity contribution is 9.10. The molecule has 2 nitrogen and oxygen atoms in total. The number of benzene rings is 1. The van der Waals surface area contributed by atoms with Gasteiger partial charge in [0.2, 0.25) is 0 Å². The maximum Gasteiger partial charge on any atom is 0.119 e. The molecule has 0 atom stereocenters. The van der Waals surface area contributed by atoms with Crippen molar-refractivity contribution in [3.63, 3.8) is 0 Å². The van der Waals surface area contributed by atoms with Crippen molar-refractivity contribution in [1.29, 1.82) is 0 Å². The van der Waals surface area contributed by atoms with Crippen molar-refractivity contribution in [2.75, 3.05) is 6.61 Å². The van der Waals surface area contributed by atoms with Crippen LogP contribution in [0.4, 0.5) is 0 Å². The minimum atomic E-state index is 0.517. The first-order valence-corrected chi connectivity index (χ1v) is 7.10. The van der Waals surface area contributed by atoms with Gasteiger partial charge in [0, 0.05) is 22.3 Å². The van der Waals surface area contributed by atoms with E-state index in [1.54, 1.807) is 11.3 Å². The maximum absolute atomic E-state index is 5.71. The van der Waals surface area contributed by atoms with Crippen molar-refractivity contribution in [1.82, 2.24) is 0 Å². The summed E-state index contributed by atoms with van der Waals surface area (Å²) in [4.78, 5) is 1.35. The highest BCUT2D eigenvalue weighted by atomic mass is 79.9. The third kappa shape index (κ3) is 3.56. The first-order valence-electron chi connectivity index (χ1n) is 5.43. The minimum Gasteiger partial charge on any atom is -0.493 e.